The number of quaternary nitrogens is 1. The van der Waals surface area contributed by atoms with Gasteiger partial charge >= 0.3 is 0 Å². The van der Waals surface area contributed by atoms with E-state index in [4.69, 9.17) is 14.9 Å². The van der Waals surface area contributed by atoms with Crippen LogP contribution in [0, 0.1) is 11.2 Å². The normalized spacial score (nSPS) is 10.8. The predicted molar refractivity (Wildman–Crippen MR) is 88.7 cm³/mol. The maximum absolute atomic E-state index is 13.0. The van der Waals surface area contributed by atoms with Crippen LogP contribution in [0.15, 0.2) is 65.1 Å². The summed E-state index contributed by atoms with van der Waals surface area (Å²) >= 11 is 0. The molecule has 0 atom stereocenters. The summed E-state index contributed by atoms with van der Waals surface area (Å²) in [5.41, 5.74) is 2.92. The first-order valence-corrected chi connectivity index (χ1v) is 7.63. The molecule has 4 nitrogen and oxygen atoms in total. The van der Waals surface area contributed by atoms with E-state index in [0.29, 0.717) is 18.1 Å². The van der Waals surface area contributed by atoms with Crippen molar-refractivity contribution < 1.29 is 19.2 Å². The van der Waals surface area contributed by atoms with E-state index in [9.17, 15) is 4.39 Å². The van der Waals surface area contributed by atoms with Gasteiger partial charge in [-0.05, 0) is 36.4 Å². The number of aliphatic hydroxyl groups is 1. The van der Waals surface area contributed by atoms with Crippen molar-refractivity contribution in [2.75, 3.05) is 0 Å². The molecular formula is C19H18FN2O2+. The monoisotopic (exact) mass is 325 g/mol. The highest BCUT2D eigenvalue weighted by Crippen LogP contribution is 2.18. The molecular weight excluding hydrogens is 307 g/mol. The lowest BCUT2D eigenvalue weighted by atomic mass is 10.1. The summed E-state index contributed by atoms with van der Waals surface area (Å²) in [6, 6.07) is 17.3. The molecule has 1 heterocycles. The first-order chi connectivity index (χ1) is 11.7. The van der Waals surface area contributed by atoms with Crippen LogP contribution in [0.3, 0.4) is 0 Å². The van der Waals surface area contributed by atoms with Crippen LogP contribution >= 0.6 is 0 Å². The summed E-state index contributed by atoms with van der Waals surface area (Å²) in [7, 11) is 0. The zero-order valence-electron chi connectivity index (χ0n) is 13.0. The number of benzene rings is 2. The van der Waals surface area contributed by atoms with Crippen LogP contribution in [0.1, 0.15) is 22.6 Å². The Morgan fingerprint density at radius 1 is 1.04 bits per heavy atom. The van der Waals surface area contributed by atoms with Gasteiger partial charge in [0.05, 0.1) is 5.56 Å². The number of furan rings is 1. The highest BCUT2D eigenvalue weighted by molar-refractivity contribution is 6.11. The fourth-order valence-electron chi connectivity index (χ4n) is 2.48. The van der Waals surface area contributed by atoms with Crippen molar-refractivity contribution in [2.24, 2.45) is 0 Å². The van der Waals surface area contributed by atoms with E-state index in [-0.39, 0.29) is 18.1 Å². The molecule has 0 amide bonds. The van der Waals surface area contributed by atoms with E-state index in [1.54, 1.807) is 24.3 Å². The molecule has 0 spiro atoms. The van der Waals surface area contributed by atoms with Crippen molar-refractivity contribution in [2.45, 2.75) is 13.2 Å². The largest absolute Gasteiger partial charge is 0.457 e. The maximum Gasteiger partial charge on any atom is 0.152 e. The molecule has 24 heavy (non-hydrogen) atoms. The number of para-hydroxylation sites is 1. The average molecular weight is 325 g/mol. The molecule has 1 aromatic heterocycles. The Balaban J connectivity index is 1.79. The lowest BCUT2D eigenvalue weighted by Crippen LogP contribution is -2.76. The molecule has 122 valence electrons. The van der Waals surface area contributed by atoms with Gasteiger partial charge in [0, 0.05) is 5.56 Å². The maximum atomic E-state index is 13.0. The van der Waals surface area contributed by atoms with Gasteiger partial charge in [0.25, 0.3) is 0 Å². The number of aliphatic hydroxyl groups excluding tert-OH is 1. The second kappa shape index (κ2) is 7.21. The molecule has 3 aromatic rings. The van der Waals surface area contributed by atoms with Gasteiger partial charge in [-0.15, -0.1) is 0 Å². The van der Waals surface area contributed by atoms with E-state index in [0.717, 1.165) is 16.8 Å². The smallest absolute Gasteiger partial charge is 0.152 e. The third kappa shape index (κ3) is 3.59. The number of nitrogens with two attached hydrogens (primary N) is 1. The highest BCUT2D eigenvalue weighted by atomic mass is 19.1. The summed E-state index contributed by atoms with van der Waals surface area (Å²) in [5, 5.41) is 19.5. The molecule has 0 aliphatic rings. The first kappa shape index (κ1) is 16.1. The Hall–Kier alpha value is -2.76. The fourth-order valence-corrected chi connectivity index (χ4v) is 2.48. The average Bonchev–Trinajstić information content (AvgIpc) is 3.10. The summed E-state index contributed by atoms with van der Waals surface area (Å²) in [4.78, 5) is 0. The molecule has 0 radical (unpaired) electrons. The molecule has 0 saturated carbocycles. The molecule has 0 saturated heterocycles. The van der Waals surface area contributed by atoms with Gasteiger partial charge < -0.3 is 14.8 Å². The number of hydrogen-bond acceptors (Lipinski definition) is 3. The molecule has 5 heteroatoms. The van der Waals surface area contributed by atoms with Gasteiger partial charge in [-0.2, -0.15) is 0 Å². The Kier molecular flexibility index (Phi) is 4.84. The summed E-state index contributed by atoms with van der Waals surface area (Å²) in [5.74, 6) is 0.600. The zero-order chi connectivity index (χ0) is 16.9. The standard InChI is InChI=1S/C19H17FN2O2/c20-14-7-5-13(6-8-14)11-22-17-4-2-1-3-16(17)19(21)18-10-9-15(12-23)24-18/h1-10,21-23H,11-12H2/p+1. The SMILES string of the molecule is N=C(c1ccc(CO)o1)c1ccccc1[NH2+]Cc1ccc(F)cc1. The Labute approximate surface area is 139 Å². The van der Waals surface area contributed by atoms with E-state index < -0.39 is 0 Å². The summed E-state index contributed by atoms with van der Waals surface area (Å²) < 4.78 is 18.4. The number of halogens is 1. The van der Waals surface area contributed by atoms with Gasteiger partial charge in [-0.1, -0.05) is 24.3 Å². The summed E-state index contributed by atoms with van der Waals surface area (Å²) in [6.07, 6.45) is 0. The van der Waals surface area contributed by atoms with Crippen LogP contribution in [0.4, 0.5) is 10.1 Å². The minimum Gasteiger partial charge on any atom is -0.457 e. The van der Waals surface area contributed by atoms with Crippen molar-refractivity contribution in [3.8, 4) is 0 Å². The lowest BCUT2D eigenvalue weighted by molar-refractivity contribution is -0.588. The Morgan fingerprint density at radius 2 is 1.79 bits per heavy atom. The number of rotatable bonds is 6. The second-order valence-corrected chi connectivity index (χ2v) is 5.42. The van der Waals surface area contributed by atoms with Crippen LogP contribution in [-0.2, 0) is 13.2 Å². The second-order valence-electron chi connectivity index (χ2n) is 5.42. The molecule has 0 aliphatic carbocycles. The van der Waals surface area contributed by atoms with Crippen molar-refractivity contribution >= 4 is 11.4 Å². The fraction of sp³-hybridized carbons (Fsp3) is 0.105. The van der Waals surface area contributed by atoms with E-state index in [2.05, 4.69) is 0 Å². The van der Waals surface area contributed by atoms with E-state index in [1.165, 1.54) is 12.1 Å². The lowest BCUT2D eigenvalue weighted by Gasteiger charge is -2.08. The van der Waals surface area contributed by atoms with Crippen molar-refractivity contribution in [3.63, 3.8) is 0 Å². The third-order valence-electron chi connectivity index (χ3n) is 3.76. The van der Waals surface area contributed by atoms with Crippen molar-refractivity contribution in [1.29, 1.82) is 5.41 Å². The van der Waals surface area contributed by atoms with Crippen LogP contribution in [-0.4, -0.2) is 10.8 Å². The Morgan fingerprint density at radius 3 is 2.50 bits per heavy atom. The Bertz CT molecular complexity index is 841. The summed E-state index contributed by atoms with van der Waals surface area (Å²) in [6.45, 7) is 0.455. The minimum absolute atomic E-state index is 0.189. The first-order valence-electron chi connectivity index (χ1n) is 7.63. The molecule has 0 fully saturated rings. The third-order valence-corrected chi connectivity index (χ3v) is 3.76. The van der Waals surface area contributed by atoms with Crippen LogP contribution < -0.4 is 5.32 Å². The molecule has 3 rings (SSSR count). The quantitative estimate of drug-likeness (QED) is 0.481. The van der Waals surface area contributed by atoms with Crippen molar-refractivity contribution in [3.05, 3.63) is 89.1 Å². The zero-order valence-corrected chi connectivity index (χ0v) is 13.0. The predicted octanol–water partition coefficient (Wildman–Crippen LogP) is 2.72. The van der Waals surface area contributed by atoms with Gasteiger partial charge in [0.1, 0.15) is 36.1 Å². The minimum atomic E-state index is -0.251. The van der Waals surface area contributed by atoms with Gasteiger partial charge in [0.2, 0.25) is 0 Å². The van der Waals surface area contributed by atoms with E-state index >= 15 is 0 Å². The highest BCUT2D eigenvalue weighted by Gasteiger charge is 2.15. The topological polar surface area (TPSA) is 73.8 Å². The number of hydrogen-bond donors (Lipinski definition) is 3. The van der Waals surface area contributed by atoms with Crippen LogP contribution in [0.5, 0.6) is 0 Å². The molecule has 2 aromatic carbocycles. The molecule has 0 bridgehead atoms. The van der Waals surface area contributed by atoms with Crippen LogP contribution in [0.25, 0.3) is 0 Å². The number of nitrogens with one attached hydrogen (secondary N) is 1. The van der Waals surface area contributed by atoms with Gasteiger partial charge in [0.15, 0.2) is 5.76 Å². The van der Waals surface area contributed by atoms with Crippen molar-refractivity contribution in [1.82, 2.24) is 0 Å². The molecule has 4 N–H and O–H groups in total. The van der Waals surface area contributed by atoms with Crippen LogP contribution in [0.2, 0.25) is 0 Å². The van der Waals surface area contributed by atoms with E-state index in [1.807, 2.05) is 29.6 Å². The van der Waals surface area contributed by atoms with Gasteiger partial charge in [-0.25, -0.2) is 4.39 Å². The van der Waals surface area contributed by atoms with Gasteiger partial charge in [-0.3, -0.25) is 5.41 Å². The molecule has 0 unspecified atom stereocenters. The molecule has 0 aliphatic heterocycles.